The predicted molar refractivity (Wildman–Crippen MR) is 97.5 cm³/mol. The van der Waals surface area contributed by atoms with E-state index in [4.69, 9.17) is 4.74 Å². The lowest BCUT2D eigenvalue weighted by Gasteiger charge is -2.40. The van der Waals surface area contributed by atoms with Crippen LogP contribution in [0.1, 0.15) is 19.4 Å². The Balaban J connectivity index is 2.37. The van der Waals surface area contributed by atoms with Crippen LogP contribution >= 0.6 is 0 Å². The van der Waals surface area contributed by atoms with Gasteiger partial charge in [-0.3, -0.25) is 9.59 Å². The Morgan fingerprint density at radius 1 is 1.20 bits per heavy atom. The van der Waals surface area contributed by atoms with Gasteiger partial charge in [0.05, 0.1) is 24.1 Å². The SMILES string of the molecule is COC(=O)C(C)(C)C1C=CC(C(=O)N(C)C)=CN1Cc1ccccc1. The van der Waals surface area contributed by atoms with Crippen LogP contribution in [0.15, 0.2) is 54.3 Å². The molecule has 0 saturated heterocycles. The molecule has 0 saturated carbocycles. The zero-order valence-corrected chi connectivity index (χ0v) is 15.5. The second-order valence-electron chi connectivity index (χ2n) is 6.96. The number of hydrogen-bond donors (Lipinski definition) is 0. The first-order chi connectivity index (χ1) is 11.8. The van der Waals surface area contributed by atoms with Gasteiger partial charge in [0, 0.05) is 26.8 Å². The summed E-state index contributed by atoms with van der Waals surface area (Å²) in [7, 11) is 4.85. The zero-order valence-electron chi connectivity index (χ0n) is 15.5. The lowest BCUT2D eigenvalue weighted by molar-refractivity contribution is -0.153. The van der Waals surface area contributed by atoms with Gasteiger partial charge in [0.15, 0.2) is 0 Å². The van der Waals surface area contributed by atoms with Gasteiger partial charge in [-0.2, -0.15) is 0 Å². The lowest BCUT2D eigenvalue weighted by Crippen LogP contribution is -2.47. The van der Waals surface area contributed by atoms with Crippen LogP contribution < -0.4 is 0 Å². The molecule has 1 amide bonds. The van der Waals surface area contributed by atoms with Gasteiger partial charge in [-0.25, -0.2) is 0 Å². The van der Waals surface area contributed by atoms with Gasteiger partial charge < -0.3 is 14.5 Å². The van der Waals surface area contributed by atoms with Crippen LogP contribution in [0.3, 0.4) is 0 Å². The number of methoxy groups -OCH3 is 1. The van der Waals surface area contributed by atoms with Crippen molar-refractivity contribution in [3.8, 4) is 0 Å². The maximum atomic E-state index is 12.3. The highest BCUT2D eigenvalue weighted by Gasteiger charge is 2.40. The van der Waals surface area contributed by atoms with Crippen LogP contribution in [0.25, 0.3) is 0 Å². The molecule has 0 aliphatic carbocycles. The Morgan fingerprint density at radius 2 is 1.84 bits per heavy atom. The van der Waals surface area contributed by atoms with Gasteiger partial charge in [-0.1, -0.05) is 36.4 Å². The number of carbonyl (C=O) groups excluding carboxylic acids is 2. The maximum absolute atomic E-state index is 12.3. The summed E-state index contributed by atoms with van der Waals surface area (Å²) in [4.78, 5) is 28.2. The normalized spacial score (nSPS) is 17.1. The van der Waals surface area contributed by atoms with Crippen LogP contribution in [0.2, 0.25) is 0 Å². The number of hydrogen-bond acceptors (Lipinski definition) is 4. The number of carbonyl (C=O) groups is 2. The third kappa shape index (κ3) is 4.10. The standard InChI is InChI=1S/C20H26N2O3/c1-20(2,19(24)25-5)17-12-11-16(18(23)21(3)4)14-22(17)13-15-9-7-6-8-10-15/h6-12,14,17H,13H2,1-5H3. The molecule has 1 heterocycles. The summed E-state index contributed by atoms with van der Waals surface area (Å²) < 4.78 is 4.98. The Hall–Kier alpha value is -2.56. The Bertz CT molecular complexity index is 690. The van der Waals surface area contributed by atoms with E-state index in [9.17, 15) is 9.59 Å². The number of nitrogens with zero attached hydrogens (tertiary/aromatic N) is 2. The summed E-state index contributed by atoms with van der Waals surface area (Å²) in [6, 6.07) is 9.77. The molecule has 1 aromatic rings. The number of amides is 1. The molecule has 0 aromatic heterocycles. The number of benzene rings is 1. The van der Waals surface area contributed by atoms with E-state index in [1.807, 2.05) is 61.4 Å². The molecule has 134 valence electrons. The van der Waals surface area contributed by atoms with Gasteiger partial charge in [0.1, 0.15) is 0 Å². The topological polar surface area (TPSA) is 49.9 Å². The molecule has 0 N–H and O–H groups in total. The number of rotatable bonds is 5. The predicted octanol–water partition coefficient (Wildman–Crippen LogP) is 2.60. The van der Waals surface area contributed by atoms with E-state index in [1.54, 1.807) is 25.1 Å². The fourth-order valence-corrected chi connectivity index (χ4v) is 2.97. The van der Waals surface area contributed by atoms with Crippen molar-refractivity contribution in [3.05, 3.63) is 59.8 Å². The van der Waals surface area contributed by atoms with E-state index in [-0.39, 0.29) is 17.9 Å². The molecular weight excluding hydrogens is 316 g/mol. The third-order valence-electron chi connectivity index (χ3n) is 4.43. The molecule has 0 bridgehead atoms. The number of ether oxygens (including phenoxy) is 1. The molecule has 0 radical (unpaired) electrons. The van der Waals surface area contributed by atoms with E-state index < -0.39 is 5.41 Å². The van der Waals surface area contributed by atoms with Gasteiger partial charge in [-0.15, -0.1) is 0 Å². The molecular formula is C20H26N2O3. The van der Waals surface area contributed by atoms with Crippen LogP contribution in [0, 0.1) is 5.41 Å². The summed E-state index contributed by atoms with van der Waals surface area (Å²) in [6.45, 7) is 4.32. The van der Waals surface area contributed by atoms with E-state index in [2.05, 4.69) is 0 Å². The van der Waals surface area contributed by atoms with Gasteiger partial charge >= 0.3 is 5.97 Å². The molecule has 2 rings (SSSR count). The van der Waals surface area contributed by atoms with Crippen molar-refractivity contribution in [1.29, 1.82) is 0 Å². The highest BCUT2D eigenvalue weighted by atomic mass is 16.5. The highest BCUT2D eigenvalue weighted by Crippen LogP contribution is 2.32. The van der Waals surface area contributed by atoms with Gasteiger partial charge in [0.25, 0.3) is 5.91 Å². The van der Waals surface area contributed by atoms with E-state index in [1.165, 1.54) is 7.11 Å². The first kappa shape index (κ1) is 18.8. The quantitative estimate of drug-likeness (QED) is 0.772. The van der Waals surface area contributed by atoms with Crippen molar-refractivity contribution in [2.24, 2.45) is 5.41 Å². The van der Waals surface area contributed by atoms with Crippen molar-refractivity contribution >= 4 is 11.9 Å². The summed E-state index contributed by atoms with van der Waals surface area (Å²) >= 11 is 0. The molecule has 1 aromatic carbocycles. The van der Waals surface area contributed by atoms with Crippen LogP contribution in [0.4, 0.5) is 0 Å². The minimum atomic E-state index is -0.747. The maximum Gasteiger partial charge on any atom is 0.313 e. The van der Waals surface area contributed by atoms with Crippen molar-refractivity contribution in [2.75, 3.05) is 21.2 Å². The van der Waals surface area contributed by atoms with Crippen LogP contribution in [0.5, 0.6) is 0 Å². The fourth-order valence-electron chi connectivity index (χ4n) is 2.97. The molecule has 5 nitrogen and oxygen atoms in total. The second-order valence-corrected chi connectivity index (χ2v) is 6.96. The minimum absolute atomic E-state index is 0.0661. The number of esters is 1. The van der Waals surface area contributed by atoms with Gasteiger partial charge in [0.2, 0.25) is 0 Å². The fraction of sp³-hybridized carbons (Fsp3) is 0.400. The molecule has 1 aliphatic rings. The summed E-state index contributed by atoms with van der Waals surface area (Å²) in [6.07, 6.45) is 5.54. The van der Waals surface area contributed by atoms with Crippen molar-refractivity contribution in [1.82, 2.24) is 9.80 Å². The van der Waals surface area contributed by atoms with Crippen molar-refractivity contribution in [2.45, 2.75) is 26.4 Å². The first-order valence-corrected chi connectivity index (χ1v) is 8.27. The minimum Gasteiger partial charge on any atom is -0.469 e. The highest BCUT2D eigenvalue weighted by molar-refractivity contribution is 5.96. The Morgan fingerprint density at radius 3 is 2.40 bits per heavy atom. The zero-order chi connectivity index (χ0) is 18.6. The molecule has 5 heteroatoms. The Kier molecular flexibility index (Phi) is 5.67. The molecule has 1 atom stereocenters. The van der Waals surface area contributed by atoms with E-state index in [0.717, 1.165) is 5.56 Å². The first-order valence-electron chi connectivity index (χ1n) is 8.27. The molecule has 0 spiro atoms. The molecule has 25 heavy (non-hydrogen) atoms. The largest absolute Gasteiger partial charge is 0.469 e. The van der Waals surface area contributed by atoms with Crippen LogP contribution in [-0.4, -0.2) is 48.9 Å². The second kappa shape index (κ2) is 7.55. The average molecular weight is 342 g/mol. The average Bonchev–Trinajstić information content (AvgIpc) is 2.60. The smallest absolute Gasteiger partial charge is 0.313 e. The van der Waals surface area contributed by atoms with E-state index in [0.29, 0.717) is 12.1 Å². The van der Waals surface area contributed by atoms with E-state index >= 15 is 0 Å². The van der Waals surface area contributed by atoms with Gasteiger partial charge in [-0.05, 0) is 25.5 Å². The summed E-state index contributed by atoms with van der Waals surface area (Å²) in [5.41, 5.74) is 0.956. The number of likely N-dealkylation sites (N-methyl/N-ethyl adjacent to an activating group) is 1. The lowest BCUT2D eigenvalue weighted by atomic mass is 9.81. The molecule has 1 unspecified atom stereocenters. The third-order valence-corrected chi connectivity index (χ3v) is 4.43. The summed E-state index contributed by atoms with van der Waals surface area (Å²) in [5, 5.41) is 0. The molecule has 0 fully saturated rings. The summed E-state index contributed by atoms with van der Waals surface area (Å²) in [5.74, 6) is -0.348. The Labute approximate surface area is 149 Å². The van der Waals surface area contributed by atoms with Crippen molar-refractivity contribution in [3.63, 3.8) is 0 Å². The monoisotopic (exact) mass is 342 g/mol. The van der Waals surface area contributed by atoms with Crippen LogP contribution in [-0.2, 0) is 20.9 Å². The van der Waals surface area contributed by atoms with Crippen molar-refractivity contribution < 1.29 is 14.3 Å². The molecule has 1 aliphatic heterocycles.